The molecule has 0 aromatic heterocycles. The van der Waals surface area contributed by atoms with Gasteiger partial charge in [0.15, 0.2) is 0 Å². The van der Waals surface area contributed by atoms with Crippen molar-refractivity contribution >= 4 is 11.6 Å². The van der Waals surface area contributed by atoms with Crippen LogP contribution in [0.15, 0.2) is 48.5 Å². The van der Waals surface area contributed by atoms with Crippen LogP contribution in [0.2, 0.25) is 0 Å². The van der Waals surface area contributed by atoms with Crippen LogP contribution >= 0.6 is 0 Å². The number of carbonyl (C=O) groups is 1. The van der Waals surface area contributed by atoms with E-state index in [9.17, 15) is 9.18 Å². The van der Waals surface area contributed by atoms with E-state index in [-0.39, 0.29) is 17.8 Å². The van der Waals surface area contributed by atoms with Crippen molar-refractivity contribution in [3.05, 3.63) is 65.5 Å². The fourth-order valence-corrected chi connectivity index (χ4v) is 2.18. The van der Waals surface area contributed by atoms with Crippen molar-refractivity contribution in [1.82, 2.24) is 5.32 Å². The molecular weight excluding hydrogens is 267 g/mol. The Hall–Kier alpha value is -2.36. The molecule has 2 N–H and O–H groups in total. The Kier molecular flexibility index (Phi) is 4.93. The smallest absolute Gasteiger partial charge is 0.251 e. The minimum Gasteiger partial charge on any atom is -0.378 e. The number of carbonyl (C=O) groups excluding carboxylic acids is 1. The molecule has 0 bridgehead atoms. The Morgan fingerprint density at radius 3 is 2.24 bits per heavy atom. The largest absolute Gasteiger partial charge is 0.378 e. The number of nitrogens with one attached hydrogen (secondary N) is 2. The van der Waals surface area contributed by atoms with Crippen molar-refractivity contribution in [2.75, 3.05) is 12.4 Å². The Balaban J connectivity index is 2.11. The second kappa shape index (κ2) is 6.88. The maximum atomic E-state index is 13.0. The van der Waals surface area contributed by atoms with Crippen molar-refractivity contribution in [1.29, 1.82) is 0 Å². The fourth-order valence-electron chi connectivity index (χ4n) is 2.18. The van der Waals surface area contributed by atoms with Crippen LogP contribution in [-0.2, 0) is 0 Å². The van der Waals surface area contributed by atoms with Gasteiger partial charge in [-0.15, -0.1) is 0 Å². The Bertz CT molecular complexity index is 593. The second-order valence-corrected chi connectivity index (χ2v) is 4.81. The maximum absolute atomic E-state index is 13.0. The van der Waals surface area contributed by atoms with Crippen LogP contribution in [0.1, 0.15) is 35.3 Å². The van der Waals surface area contributed by atoms with Gasteiger partial charge in [-0.25, -0.2) is 4.39 Å². The lowest BCUT2D eigenvalue weighted by Crippen LogP contribution is -2.17. The number of hydrogen-bond acceptors (Lipinski definition) is 2. The van der Waals surface area contributed by atoms with Crippen LogP contribution < -0.4 is 10.6 Å². The van der Waals surface area contributed by atoms with Gasteiger partial charge in [0.05, 0.1) is 6.04 Å². The van der Waals surface area contributed by atoms with Gasteiger partial charge in [0, 0.05) is 18.3 Å². The molecule has 2 aromatic carbocycles. The molecule has 1 atom stereocenters. The van der Waals surface area contributed by atoms with Crippen molar-refractivity contribution in [3.63, 3.8) is 0 Å². The zero-order valence-electron chi connectivity index (χ0n) is 12.2. The summed E-state index contributed by atoms with van der Waals surface area (Å²) < 4.78 is 13.0. The lowest BCUT2D eigenvalue weighted by molar-refractivity contribution is 0.0963. The lowest BCUT2D eigenvalue weighted by atomic mass is 10.0. The van der Waals surface area contributed by atoms with Crippen molar-refractivity contribution in [2.24, 2.45) is 0 Å². The van der Waals surface area contributed by atoms with Gasteiger partial charge >= 0.3 is 0 Å². The van der Waals surface area contributed by atoms with Crippen LogP contribution in [0.25, 0.3) is 0 Å². The zero-order chi connectivity index (χ0) is 15.2. The average molecular weight is 286 g/mol. The predicted molar refractivity (Wildman–Crippen MR) is 82.9 cm³/mol. The number of hydrogen-bond donors (Lipinski definition) is 2. The molecule has 4 heteroatoms. The monoisotopic (exact) mass is 286 g/mol. The maximum Gasteiger partial charge on any atom is 0.251 e. The number of anilines is 1. The topological polar surface area (TPSA) is 41.1 Å². The molecular formula is C17H19FN2O. The molecule has 0 aliphatic rings. The quantitative estimate of drug-likeness (QED) is 0.879. The molecule has 0 aliphatic carbocycles. The molecule has 0 spiro atoms. The zero-order valence-corrected chi connectivity index (χ0v) is 12.2. The minimum atomic E-state index is -0.233. The van der Waals surface area contributed by atoms with E-state index in [0.717, 1.165) is 17.7 Å². The summed E-state index contributed by atoms with van der Waals surface area (Å²) in [5.74, 6) is -0.337. The van der Waals surface area contributed by atoms with Crippen LogP contribution in [-0.4, -0.2) is 13.0 Å². The van der Waals surface area contributed by atoms with Crippen LogP contribution in [0, 0.1) is 5.82 Å². The van der Waals surface area contributed by atoms with Gasteiger partial charge in [-0.05, 0) is 48.4 Å². The molecule has 0 saturated heterocycles. The van der Waals surface area contributed by atoms with E-state index in [1.165, 1.54) is 12.1 Å². The van der Waals surface area contributed by atoms with E-state index < -0.39 is 0 Å². The van der Waals surface area contributed by atoms with Crippen LogP contribution in [0.3, 0.4) is 0 Å². The first-order valence-electron chi connectivity index (χ1n) is 6.98. The first-order valence-corrected chi connectivity index (χ1v) is 6.98. The Morgan fingerprint density at radius 2 is 1.71 bits per heavy atom. The van der Waals surface area contributed by atoms with Gasteiger partial charge in [-0.1, -0.05) is 19.1 Å². The van der Waals surface area contributed by atoms with Gasteiger partial charge in [-0.3, -0.25) is 4.79 Å². The van der Waals surface area contributed by atoms with E-state index >= 15 is 0 Å². The summed E-state index contributed by atoms with van der Waals surface area (Å²) in [6, 6.07) is 13.9. The van der Waals surface area contributed by atoms with Crippen molar-refractivity contribution in [3.8, 4) is 0 Å². The van der Waals surface area contributed by atoms with E-state index in [1.807, 2.05) is 12.1 Å². The normalized spacial score (nSPS) is 11.8. The highest BCUT2D eigenvalue weighted by molar-refractivity contribution is 5.94. The summed E-state index contributed by atoms with van der Waals surface area (Å²) in [5.41, 5.74) is 2.59. The number of amides is 1. The van der Waals surface area contributed by atoms with E-state index in [2.05, 4.69) is 17.6 Å². The number of rotatable bonds is 5. The summed E-state index contributed by atoms with van der Waals surface area (Å²) in [7, 11) is 1.61. The molecule has 21 heavy (non-hydrogen) atoms. The highest BCUT2D eigenvalue weighted by Crippen LogP contribution is 2.23. The molecule has 1 unspecified atom stereocenters. The Morgan fingerprint density at radius 1 is 1.10 bits per heavy atom. The van der Waals surface area contributed by atoms with E-state index in [4.69, 9.17) is 0 Å². The first-order chi connectivity index (χ1) is 10.1. The third-order valence-corrected chi connectivity index (χ3v) is 3.40. The molecule has 0 fully saturated rings. The van der Waals surface area contributed by atoms with E-state index in [1.54, 1.807) is 31.3 Å². The summed E-state index contributed by atoms with van der Waals surface area (Å²) in [4.78, 5) is 11.5. The van der Waals surface area contributed by atoms with Gasteiger partial charge in [0.25, 0.3) is 5.91 Å². The van der Waals surface area contributed by atoms with Crippen molar-refractivity contribution in [2.45, 2.75) is 19.4 Å². The van der Waals surface area contributed by atoms with Crippen LogP contribution in [0.5, 0.6) is 0 Å². The molecule has 110 valence electrons. The molecule has 0 aliphatic heterocycles. The fraction of sp³-hybridized carbons (Fsp3) is 0.235. The molecule has 0 saturated carbocycles. The van der Waals surface area contributed by atoms with Crippen molar-refractivity contribution < 1.29 is 9.18 Å². The highest BCUT2D eigenvalue weighted by atomic mass is 19.1. The van der Waals surface area contributed by atoms with Gasteiger partial charge in [0.2, 0.25) is 0 Å². The second-order valence-electron chi connectivity index (χ2n) is 4.81. The minimum absolute atomic E-state index is 0.105. The molecule has 0 heterocycles. The summed E-state index contributed by atoms with van der Waals surface area (Å²) in [5, 5.41) is 5.98. The van der Waals surface area contributed by atoms with Gasteiger partial charge in [-0.2, -0.15) is 0 Å². The van der Waals surface area contributed by atoms with Gasteiger partial charge in [0.1, 0.15) is 5.82 Å². The summed E-state index contributed by atoms with van der Waals surface area (Å²) >= 11 is 0. The first kappa shape index (κ1) is 15.0. The average Bonchev–Trinajstić information content (AvgIpc) is 2.53. The predicted octanol–water partition coefficient (Wildman–Crippen LogP) is 3.75. The lowest BCUT2D eigenvalue weighted by Gasteiger charge is -2.19. The highest BCUT2D eigenvalue weighted by Gasteiger charge is 2.10. The molecule has 2 aromatic rings. The van der Waals surface area contributed by atoms with Crippen LogP contribution in [0.4, 0.5) is 10.1 Å². The molecule has 1 amide bonds. The third-order valence-electron chi connectivity index (χ3n) is 3.40. The van der Waals surface area contributed by atoms with E-state index in [0.29, 0.717) is 5.56 Å². The SMILES string of the molecule is CCC(Nc1ccc(C(=O)NC)cc1)c1ccc(F)cc1. The third kappa shape index (κ3) is 3.81. The summed E-state index contributed by atoms with van der Waals surface area (Å²) in [6.45, 7) is 2.07. The standard InChI is InChI=1S/C17H19FN2O/c1-3-16(12-4-8-14(18)9-5-12)20-15-10-6-13(7-11-15)17(21)19-2/h4-11,16,20H,3H2,1-2H3,(H,19,21). The number of halogens is 1. The molecule has 0 radical (unpaired) electrons. The Labute approximate surface area is 124 Å². The van der Waals surface area contributed by atoms with Gasteiger partial charge < -0.3 is 10.6 Å². The summed E-state index contributed by atoms with van der Waals surface area (Å²) in [6.07, 6.45) is 0.878. The molecule has 3 nitrogen and oxygen atoms in total. The molecule has 2 rings (SSSR count). The number of benzene rings is 2.